The van der Waals surface area contributed by atoms with Crippen LogP contribution in [0.2, 0.25) is 0 Å². The normalized spacial score (nSPS) is 15.6. The van der Waals surface area contributed by atoms with Gasteiger partial charge in [-0.05, 0) is 33.6 Å². The van der Waals surface area contributed by atoms with Crippen molar-refractivity contribution in [2.45, 2.75) is 13.1 Å². The molecule has 0 saturated carbocycles. The van der Waals surface area contributed by atoms with Gasteiger partial charge in [0.15, 0.2) is 5.96 Å². The minimum Gasteiger partial charge on any atom is -0.349 e. The summed E-state index contributed by atoms with van der Waals surface area (Å²) >= 11 is 3.19. The zero-order valence-corrected chi connectivity index (χ0v) is 19.3. The molecule has 0 aliphatic carbocycles. The molecule has 2 heterocycles. The summed E-state index contributed by atoms with van der Waals surface area (Å²) in [5, 5.41) is 7.41. The van der Waals surface area contributed by atoms with Crippen molar-refractivity contribution in [3.63, 3.8) is 0 Å². The van der Waals surface area contributed by atoms with Gasteiger partial charge in [0.2, 0.25) is 0 Å². The second kappa shape index (κ2) is 10.3. The maximum absolute atomic E-state index is 13.7. The van der Waals surface area contributed by atoms with Gasteiger partial charge < -0.3 is 10.2 Å². The number of guanidine groups is 1. The fourth-order valence-electron chi connectivity index (χ4n) is 2.98. The summed E-state index contributed by atoms with van der Waals surface area (Å²) in [5.41, 5.74) is 0.990. The Morgan fingerprint density at radius 2 is 2.04 bits per heavy atom. The summed E-state index contributed by atoms with van der Waals surface area (Å²) < 4.78 is 15.9. The van der Waals surface area contributed by atoms with E-state index in [1.54, 1.807) is 30.2 Å². The van der Waals surface area contributed by atoms with Crippen molar-refractivity contribution in [2.24, 2.45) is 12.0 Å². The van der Waals surface area contributed by atoms with Crippen LogP contribution in [0.15, 0.2) is 34.0 Å². The zero-order chi connectivity index (χ0) is 18.5. The summed E-state index contributed by atoms with van der Waals surface area (Å²) in [6.07, 6.45) is 1.55. The van der Waals surface area contributed by atoms with Crippen molar-refractivity contribution in [1.82, 2.24) is 29.9 Å². The van der Waals surface area contributed by atoms with E-state index in [0.29, 0.717) is 11.0 Å². The van der Waals surface area contributed by atoms with E-state index in [0.717, 1.165) is 50.1 Å². The number of aromatic nitrogens is 3. The third-order valence-corrected chi connectivity index (χ3v) is 5.13. The summed E-state index contributed by atoms with van der Waals surface area (Å²) in [6, 6.07) is 5.32. The van der Waals surface area contributed by atoms with Crippen LogP contribution in [0.5, 0.6) is 0 Å². The van der Waals surface area contributed by atoms with E-state index in [-0.39, 0.29) is 29.8 Å². The molecular weight excluding hydrogens is 528 g/mol. The SMILES string of the molecule is CN=C(NCc1ncnn1C)N1CCN(Cc2ccc(Br)c(F)c2)CC1.I. The molecule has 0 unspecified atom stereocenters. The fourth-order valence-corrected chi connectivity index (χ4v) is 3.23. The molecule has 1 aromatic carbocycles. The van der Waals surface area contributed by atoms with Gasteiger partial charge in [0.25, 0.3) is 0 Å². The number of piperazine rings is 1. The van der Waals surface area contributed by atoms with E-state index >= 15 is 0 Å². The lowest BCUT2D eigenvalue weighted by molar-refractivity contribution is 0.172. The molecule has 7 nitrogen and oxygen atoms in total. The number of hydrogen-bond donors (Lipinski definition) is 1. The monoisotopic (exact) mass is 551 g/mol. The predicted octanol–water partition coefficient (Wildman–Crippen LogP) is 2.23. The molecule has 0 spiro atoms. The van der Waals surface area contributed by atoms with E-state index in [4.69, 9.17) is 0 Å². The van der Waals surface area contributed by atoms with Crippen LogP contribution in [0.25, 0.3) is 0 Å². The third kappa shape index (κ3) is 5.85. The molecule has 3 rings (SSSR count). The van der Waals surface area contributed by atoms with Crippen LogP contribution in [0, 0.1) is 5.82 Å². The van der Waals surface area contributed by atoms with Crippen LogP contribution >= 0.6 is 39.9 Å². The largest absolute Gasteiger partial charge is 0.349 e. The molecule has 27 heavy (non-hydrogen) atoms. The molecule has 0 bridgehead atoms. The smallest absolute Gasteiger partial charge is 0.194 e. The van der Waals surface area contributed by atoms with Crippen molar-refractivity contribution in [2.75, 3.05) is 33.2 Å². The number of aliphatic imine (C=N–C) groups is 1. The molecule has 0 radical (unpaired) electrons. The van der Waals surface area contributed by atoms with Crippen molar-refractivity contribution in [3.05, 3.63) is 46.2 Å². The van der Waals surface area contributed by atoms with E-state index in [1.165, 1.54) is 0 Å². The molecule has 1 fully saturated rings. The van der Waals surface area contributed by atoms with Crippen molar-refractivity contribution in [3.8, 4) is 0 Å². The van der Waals surface area contributed by atoms with Gasteiger partial charge in [-0.3, -0.25) is 14.6 Å². The highest BCUT2D eigenvalue weighted by Gasteiger charge is 2.20. The fraction of sp³-hybridized carbons (Fsp3) is 0.471. The minimum atomic E-state index is -0.213. The summed E-state index contributed by atoms with van der Waals surface area (Å²) in [5.74, 6) is 1.51. The number of hydrogen-bond acceptors (Lipinski definition) is 4. The van der Waals surface area contributed by atoms with Crippen LogP contribution in [0.3, 0.4) is 0 Å². The van der Waals surface area contributed by atoms with Crippen LogP contribution in [-0.4, -0.2) is 63.8 Å². The maximum atomic E-state index is 13.7. The molecule has 1 aromatic heterocycles. The predicted molar refractivity (Wildman–Crippen MR) is 118 cm³/mol. The van der Waals surface area contributed by atoms with Gasteiger partial charge in [-0.15, -0.1) is 24.0 Å². The molecule has 1 saturated heterocycles. The third-order valence-electron chi connectivity index (χ3n) is 4.48. The summed E-state index contributed by atoms with van der Waals surface area (Å²) in [7, 11) is 3.66. The lowest BCUT2D eigenvalue weighted by Gasteiger charge is -2.36. The first kappa shape index (κ1) is 22.0. The van der Waals surface area contributed by atoms with E-state index in [2.05, 4.69) is 46.1 Å². The average Bonchev–Trinajstić information content (AvgIpc) is 3.05. The van der Waals surface area contributed by atoms with Gasteiger partial charge in [-0.1, -0.05) is 6.07 Å². The second-order valence-electron chi connectivity index (χ2n) is 6.21. The first-order valence-corrected chi connectivity index (χ1v) is 9.31. The van der Waals surface area contributed by atoms with E-state index in [1.807, 2.05) is 13.1 Å². The number of nitrogens with one attached hydrogen (secondary N) is 1. The van der Waals surface area contributed by atoms with E-state index < -0.39 is 0 Å². The Labute approximate surface area is 184 Å². The minimum absolute atomic E-state index is 0. The quantitative estimate of drug-likeness (QED) is 0.359. The van der Waals surface area contributed by atoms with Crippen LogP contribution < -0.4 is 5.32 Å². The number of aryl methyl sites for hydroxylation is 1. The average molecular weight is 552 g/mol. The first-order valence-electron chi connectivity index (χ1n) is 8.51. The Hall–Kier alpha value is -1.27. The number of rotatable bonds is 4. The van der Waals surface area contributed by atoms with Gasteiger partial charge in [0.05, 0.1) is 11.0 Å². The highest BCUT2D eigenvalue weighted by Crippen LogP contribution is 2.18. The molecule has 148 valence electrons. The second-order valence-corrected chi connectivity index (χ2v) is 7.07. The van der Waals surface area contributed by atoms with Crippen molar-refractivity contribution >= 4 is 45.9 Å². The summed E-state index contributed by atoms with van der Waals surface area (Å²) in [4.78, 5) is 13.1. The lowest BCUT2D eigenvalue weighted by Crippen LogP contribution is -2.52. The highest BCUT2D eigenvalue weighted by molar-refractivity contribution is 14.0. The Kier molecular flexibility index (Phi) is 8.42. The molecule has 2 aromatic rings. The van der Waals surface area contributed by atoms with E-state index in [9.17, 15) is 4.39 Å². The van der Waals surface area contributed by atoms with Crippen LogP contribution in [-0.2, 0) is 20.1 Å². The number of benzene rings is 1. The molecule has 1 aliphatic heterocycles. The zero-order valence-electron chi connectivity index (χ0n) is 15.4. The topological polar surface area (TPSA) is 61.6 Å². The molecule has 1 aliphatic rings. The van der Waals surface area contributed by atoms with Crippen LogP contribution in [0.4, 0.5) is 4.39 Å². The lowest BCUT2D eigenvalue weighted by atomic mass is 10.2. The highest BCUT2D eigenvalue weighted by atomic mass is 127. The van der Waals surface area contributed by atoms with Gasteiger partial charge in [-0.25, -0.2) is 9.37 Å². The number of halogens is 3. The number of nitrogens with zero attached hydrogens (tertiary/aromatic N) is 6. The van der Waals surface area contributed by atoms with Gasteiger partial charge in [-0.2, -0.15) is 5.10 Å². The van der Waals surface area contributed by atoms with Crippen LogP contribution in [0.1, 0.15) is 11.4 Å². The first-order chi connectivity index (χ1) is 12.6. The molecule has 10 heteroatoms. The molecule has 0 amide bonds. The van der Waals surface area contributed by atoms with Gasteiger partial charge in [0.1, 0.15) is 18.0 Å². The van der Waals surface area contributed by atoms with Crippen molar-refractivity contribution in [1.29, 1.82) is 0 Å². The van der Waals surface area contributed by atoms with Crippen molar-refractivity contribution < 1.29 is 4.39 Å². The molecule has 1 N–H and O–H groups in total. The molecule has 0 atom stereocenters. The van der Waals surface area contributed by atoms with Gasteiger partial charge in [0, 0.05) is 46.8 Å². The summed E-state index contributed by atoms with van der Waals surface area (Å²) in [6.45, 7) is 4.89. The Balaban J connectivity index is 0.00000261. The van der Waals surface area contributed by atoms with Gasteiger partial charge >= 0.3 is 0 Å². The Morgan fingerprint density at radius 1 is 1.30 bits per heavy atom. The Bertz CT molecular complexity index is 774. The Morgan fingerprint density at radius 3 is 2.63 bits per heavy atom. The molecular formula is C17H24BrFIN7. The standard InChI is InChI=1S/C17H23BrFN7.HI/c1-20-17(21-10-16-22-12-23-24(16)2)26-7-5-25(6-8-26)11-13-3-4-14(18)15(19)9-13;/h3-4,9,12H,5-8,10-11H2,1-2H3,(H,20,21);1H. The maximum Gasteiger partial charge on any atom is 0.194 e.